The maximum atomic E-state index is 11.9. The normalized spacial score (nSPS) is 12.8. The molecule has 1 amide bonds. The number of amides is 1. The number of nitrogens with one attached hydrogen (secondary N) is 1. The van der Waals surface area contributed by atoms with Crippen molar-refractivity contribution in [2.45, 2.75) is 4.34 Å². The van der Waals surface area contributed by atoms with Gasteiger partial charge in [-0.15, -0.1) is 11.3 Å². The molecule has 2 aromatic carbocycles. The quantitative estimate of drug-likeness (QED) is 0.423. The molecule has 0 spiro atoms. The van der Waals surface area contributed by atoms with Crippen molar-refractivity contribution < 1.29 is 14.3 Å². The lowest BCUT2D eigenvalue weighted by Gasteiger charge is -1.99. The summed E-state index contributed by atoms with van der Waals surface area (Å²) in [6, 6.07) is 13.4. The zero-order chi connectivity index (χ0) is 17.1. The molecule has 3 aromatic rings. The molecule has 0 saturated heterocycles. The van der Waals surface area contributed by atoms with Gasteiger partial charge >= 0.3 is 0 Å². The number of thioether (sulfide) groups is 1. The molecule has 1 N–H and O–H groups in total. The van der Waals surface area contributed by atoms with Gasteiger partial charge in [0.2, 0.25) is 6.79 Å². The number of nitrogens with zero attached hydrogens (tertiary/aromatic N) is 2. The number of ether oxygens (including phenoxy) is 2. The number of benzene rings is 2. The highest BCUT2D eigenvalue weighted by Crippen LogP contribution is 2.32. The Hall–Kier alpha value is -2.58. The first-order chi connectivity index (χ1) is 12.3. The number of thiazole rings is 1. The van der Waals surface area contributed by atoms with Gasteiger partial charge in [-0.2, -0.15) is 5.10 Å². The highest BCUT2D eigenvalue weighted by molar-refractivity contribution is 8.01. The van der Waals surface area contributed by atoms with E-state index in [1.54, 1.807) is 17.6 Å². The van der Waals surface area contributed by atoms with Gasteiger partial charge in [-0.25, -0.2) is 10.4 Å². The summed E-state index contributed by atoms with van der Waals surface area (Å²) in [5, 5.41) is 3.97. The molecule has 2 heterocycles. The Bertz CT molecular complexity index is 922. The molecule has 0 bridgehead atoms. The fourth-order valence-electron chi connectivity index (χ4n) is 2.24. The monoisotopic (exact) mass is 371 g/mol. The van der Waals surface area contributed by atoms with Crippen molar-refractivity contribution in [2.75, 3.05) is 12.5 Å². The van der Waals surface area contributed by atoms with E-state index in [9.17, 15) is 4.79 Å². The summed E-state index contributed by atoms with van der Waals surface area (Å²) in [7, 11) is 0. The smallest absolute Gasteiger partial charge is 0.250 e. The minimum Gasteiger partial charge on any atom is -0.454 e. The van der Waals surface area contributed by atoms with Gasteiger partial charge in [0.15, 0.2) is 15.8 Å². The molecule has 1 aromatic heterocycles. The van der Waals surface area contributed by atoms with E-state index in [0.717, 1.165) is 20.1 Å². The summed E-state index contributed by atoms with van der Waals surface area (Å²) < 4.78 is 12.5. The van der Waals surface area contributed by atoms with E-state index in [-0.39, 0.29) is 18.5 Å². The van der Waals surface area contributed by atoms with Gasteiger partial charge in [-0.1, -0.05) is 23.9 Å². The van der Waals surface area contributed by atoms with Crippen LogP contribution in [-0.2, 0) is 4.79 Å². The van der Waals surface area contributed by atoms with Gasteiger partial charge in [0, 0.05) is 0 Å². The number of para-hydroxylation sites is 1. The van der Waals surface area contributed by atoms with Crippen molar-refractivity contribution in [1.29, 1.82) is 0 Å². The first-order valence-corrected chi connectivity index (χ1v) is 9.28. The third-order valence-corrected chi connectivity index (χ3v) is 5.58. The van der Waals surface area contributed by atoms with E-state index in [1.165, 1.54) is 11.8 Å². The van der Waals surface area contributed by atoms with E-state index < -0.39 is 0 Å². The maximum Gasteiger partial charge on any atom is 0.250 e. The summed E-state index contributed by atoms with van der Waals surface area (Å²) in [4.78, 5) is 16.4. The highest BCUT2D eigenvalue weighted by atomic mass is 32.2. The van der Waals surface area contributed by atoms with Crippen LogP contribution in [0.25, 0.3) is 10.2 Å². The van der Waals surface area contributed by atoms with Gasteiger partial charge in [-0.05, 0) is 35.9 Å². The Labute approximate surface area is 151 Å². The van der Waals surface area contributed by atoms with Gasteiger partial charge in [0.05, 0.1) is 22.2 Å². The first kappa shape index (κ1) is 15.9. The second-order valence-corrected chi connectivity index (χ2v) is 7.40. The van der Waals surface area contributed by atoms with Crippen LogP contribution in [0.5, 0.6) is 11.5 Å². The van der Waals surface area contributed by atoms with E-state index in [1.807, 2.05) is 42.5 Å². The molecule has 0 unspecified atom stereocenters. The molecule has 8 heteroatoms. The Morgan fingerprint density at radius 1 is 1.28 bits per heavy atom. The molecule has 1 aliphatic rings. The number of hydrazone groups is 1. The Morgan fingerprint density at radius 2 is 2.16 bits per heavy atom. The number of carbonyl (C=O) groups is 1. The molecule has 4 rings (SSSR count). The van der Waals surface area contributed by atoms with Crippen molar-refractivity contribution in [3.8, 4) is 11.5 Å². The number of carbonyl (C=O) groups excluding carboxylic acids is 1. The van der Waals surface area contributed by atoms with E-state index >= 15 is 0 Å². The number of rotatable bonds is 5. The Morgan fingerprint density at radius 3 is 3.08 bits per heavy atom. The molecule has 0 aliphatic carbocycles. The van der Waals surface area contributed by atoms with E-state index in [0.29, 0.717) is 11.5 Å². The fourth-order valence-corrected chi connectivity index (χ4v) is 4.11. The van der Waals surface area contributed by atoms with Crippen LogP contribution in [0.3, 0.4) is 0 Å². The molecular weight excluding hydrogens is 358 g/mol. The van der Waals surface area contributed by atoms with Gasteiger partial charge in [0.1, 0.15) is 0 Å². The van der Waals surface area contributed by atoms with Crippen molar-refractivity contribution in [2.24, 2.45) is 5.10 Å². The van der Waals surface area contributed by atoms with Crippen LogP contribution in [0.4, 0.5) is 0 Å². The van der Waals surface area contributed by atoms with Crippen LogP contribution in [0.15, 0.2) is 51.9 Å². The molecule has 0 atom stereocenters. The molecule has 25 heavy (non-hydrogen) atoms. The van der Waals surface area contributed by atoms with Crippen LogP contribution in [0.2, 0.25) is 0 Å². The Balaban J connectivity index is 1.30. The average molecular weight is 371 g/mol. The summed E-state index contributed by atoms with van der Waals surface area (Å²) >= 11 is 2.98. The second-order valence-electron chi connectivity index (χ2n) is 5.14. The van der Waals surface area contributed by atoms with Crippen LogP contribution in [0.1, 0.15) is 5.56 Å². The summed E-state index contributed by atoms with van der Waals surface area (Å²) in [6.07, 6.45) is 1.57. The lowest BCUT2D eigenvalue weighted by Crippen LogP contribution is -2.19. The van der Waals surface area contributed by atoms with Crippen molar-refractivity contribution in [3.63, 3.8) is 0 Å². The van der Waals surface area contributed by atoms with Crippen LogP contribution < -0.4 is 14.9 Å². The third-order valence-electron chi connectivity index (χ3n) is 3.40. The molecule has 0 radical (unpaired) electrons. The van der Waals surface area contributed by atoms with E-state index in [4.69, 9.17) is 9.47 Å². The highest BCUT2D eigenvalue weighted by Gasteiger charge is 2.12. The zero-order valence-corrected chi connectivity index (χ0v) is 14.6. The number of fused-ring (bicyclic) bond motifs is 2. The number of hydrogen-bond donors (Lipinski definition) is 1. The van der Waals surface area contributed by atoms with Gasteiger partial charge in [-0.3, -0.25) is 4.79 Å². The summed E-state index contributed by atoms with van der Waals surface area (Å²) in [5.41, 5.74) is 4.29. The van der Waals surface area contributed by atoms with Crippen LogP contribution >= 0.6 is 23.1 Å². The van der Waals surface area contributed by atoms with Gasteiger partial charge < -0.3 is 9.47 Å². The minimum atomic E-state index is -0.179. The largest absolute Gasteiger partial charge is 0.454 e. The lowest BCUT2D eigenvalue weighted by molar-refractivity contribution is -0.118. The predicted octanol–water partition coefficient (Wildman–Crippen LogP) is 3.27. The average Bonchev–Trinajstić information content (AvgIpc) is 3.25. The molecule has 6 nitrogen and oxygen atoms in total. The van der Waals surface area contributed by atoms with Crippen molar-refractivity contribution >= 4 is 45.4 Å². The fraction of sp³-hybridized carbons (Fsp3) is 0.118. The van der Waals surface area contributed by atoms with E-state index in [2.05, 4.69) is 15.5 Å². The third kappa shape index (κ3) is 3.75. The first-order valence-electron chi connectivity index (χ1n) is 7.48. The SMILES string of the molecule is O=C(CSc1nc2ccccc2s1)N/N=C\c1ccc2c(c1)OCO2. The zero-order valence-electron chi connectivity index (χ0n) is 13.0. The second kappa shape index (κ2) is 7.12. The van der Waals surface area contributed by atoms with Crippen LogP contribution in [0, 0.1) is 0 Å². The topological polar surface area (TPSA) is 72.8 Å². The predicted molar refractivity (Wildman–Crippen MR) is 98.6 cm³/mol. The molecular formula is C17H13N3O3S2. The summed E-state index contributed by atoms with van der Waals surface area (Å²) in [5.74, 6) is 1.48. The lowest BCUT2D eigenvalue weighted by atomic mass is 10.2. The number of aromatic nitrogens is 1. The molecule has 126 valence electrons. The summed E-state index contributed by atoms with van der Waals surface area (Å²) in [6.45, 7) is 0.232. The molecule has 0 saturated carbocycles. The van der Waals surface area contributed by atoms with Crippen LogP contribution in [-0.4, -0.2) is 29.7 Å². The number of hydrogen-bond acceptors (Lipinski definition) is 7. The minimum absolute atomic E-state index is 0.179. The molecule has 1 aliphatic heterocycles. The Kier molecular flexibility index (Phi) is 4.53. The van der Waals surface area contributed by atoms with Crippen molar-refractivity contribution in [3.05, 3.63) is 48.0 Å². The molecule has 0 fully saturated rings. The maximum absolute atomic E-state index is 11.9. The van der Waals surface area contributed by atoms with Crippen molar-refractivity contribution in [1.82, 2.24) is 10.4 Å². The standard InChI is InChI=1S/C17H13N3O3S2/c21-16(9-24-17-19-12-3-1-2-4-15(12)25-17)20-18-8-11-5-6-13-14(7-11)23-10-22-13/h1-8H,9-10H2,(H,20,21)/b18-8-. The van der Waals surface area contributed by atoms with Gasteiger partial charge in [0.25, 0.3) is 5.91 Å².